The summed E-state index contributed by atoms with van der Waals surface area (Å²) in [5, 5.41) is 3.36. The molecule has 0 radical (unpaired) electrons. The highest BCUT2D eigenvalue weighted by molar-refractivity contribution is 6.00. The van der Waals surface area contributed by atoms with Gasteiger partial charge >= 0.3 is 0 Å². The lowest BCUT2D eigenvalue weighted by molar-refractivity contribution is -0.127. The molecule has 130 valence electrons. The largest absolute Gasteiger partial charge is 0.465 e. The maximum atomic E-state index is 13.3. The molecule has 0 amide bonds. The quantitative estimate of drug-likeness (QED) is 0.867. The fraction of sp³-hybridized carbons (Fsp3) is 0.381. The van der Waals surface area contributed by atoms with Crippen molar-refractivity contribution in [1.29, 1.82) is 0 Å². The van der Waals surface area contributed by atoms with Crippen LogP contribution in [0.1, 0.15) is 35.2 Å². The minimum absolute atomic E-state index is 0.209. The van der Waals surface area contributed by atoms with Crippen LogP contribution in [-0.4, -0.2) is 25.2 Å². The summed E-state index contributed by atoms with van der Waals surface area (Å²) in [7, 11) is 0. The summed E-state index contributed by atoms with van der Waals surface area (Å²) < 4.78 is 12.0. The summed E-state index contributed by atoms with van der Waals surface area (Å²) in [4.78, 5) is 13.3. The van der Waals surface area contributed by atoms with Gasteiger partial charge in [-0.15, -0.1) is 0 Å². The Bertz CT molecular complexity index is 738. The first-order chi connectivity index (χ1) is 12.3. The van der Waals surface area contributed by atoms with Crippen LogP contribution in [0, 0.1) is 5.41 Å². The molecule has 0 saturated carbocycles. The Kier molecular flexibility index (Phi) is 4.55. The van der Waals surface area contributed by atoms with E-state index in [-0.39, 0.29) is 12.1 Å². The number of carbonyl (C=O) groups excluding carboxylic acids is 1. The fourth-order valence-corrected chi connectivity index (χ4v) is 3.84. The molecule has 2 aliphatic heterocycles. The Hall–Kier alpha value is -2.17. The average molecular weight is 337 g/mol. The SMILES string of the molecule is O=C(c1ccccc1)C1(CC2OCc3ccccc3O2)CCNCC1. The molecule has 1 atom stereocenters. The van der Waals surface area contributed by atoms with Crippen LogP contribution in [0.2, 0.25) is 0 Å². The normalized spacial score (nSPS) is 21.8. The van der Waals surface area contributed by atoms with E-state index in [1.54, 1.807) is 0 Å². The van der Waals surface area contributed by atoms with Gasteiger partial charge in [0.25, 0.3) is 0 Å². The van der Waals surface area contributed by atoms with Crippen LogP contribution in [0.4, 0.5) is 0 Å². The summed E-state index contributed by atoms with van der Waals surface area (Å²) in [6, 6.07) is 17.5. The number of hydrogen-bond acceptors (Lipinski definition) is 4. The molecule has 1 fully saturated rings. The van der Waals surface area contributed by atoms with E-state index in [2.05, 4.69) is 5.32 Å². The number of ether oxygens (including phenoxy) is 2. The van der Waals surface area contributed by atoms with Crippen molar-refractivity contribution in [3.63, 3.8) is 0 Å². The van der Waals surface area contributed by atoms with Gasteiger partial charge in [-0.2, -0.15) is 0 Å². The lowest BCUT2D eigenvalue weighted by atomic mass is 9.70. The molecule has 1 saturated heterocycles. The van der Waals surface area contributed by atoms with Crippen molar-refractivity contribution in [2.45, 2.75) is 32.2 Å². The van der Waals surface area contributed by atoms with Crippen molar-refractivity contribution < 1.29 is 14.3 Å². The maximum absolute atomic E-state index is 13.3. The average Bonchev–Trinajstić information content (AvgIpc) is 2.69. The minimum Gasteiger partial charge on any atom is -0.465 e. The number of hydrogen-bond donors (Lipinski definition) is 1. The third kappa shape index (κ3) is 3.32. The highest BCUT2D eigenvalue weighted by Gasteiger charge is 2.43. The van der Waals surface area contributed by atoms with E-state index < -0.39 is 5.41 Å². The first-order valence-corrected chi connectivity index (χ1v) is 8.94. The molecule has 2 heterocycles. The zero-order chi connectivity index (χ0) is 17.1. The Morgan fingerprint density at radius 2 is 1.76 bits per heavy atom. The van der Waals surface area contributed by atoms with Gasteiger partial charge in [-0.25, -0.2) is 0 Å². The second-order valence-electron chi connectivity index (χ2n) is 6.90. The highest BCUT2D eigenvalue weighted by Crippen LogP contribution is 2.40. The number of benzene rings is 2. The van der Waals surface area contributed by atoms with Gasteiger partial charge in [-0.05, 0) is 32.0 Å². The molecule has 4 rings (SSSR count). The zero-order valence-electron chi connectivity index (χ0n) is 14.2. The van der Waals surface area contributed by atoms with Gasteiger partial charge in [0.15, 0.2) is 5.78 Å². The Morgan fingerprint density at radius 3 is 2.56 bits per heavy atom. The summed E-state index contributed by atoms with van der Waals surface area (Å²) in [5.74, 6) is 1.08. The zero-order valence-corrected chi connectivity index (χ0v) is 14.2. The summed E-state index contributed by atoms with van der Waals surface area (Å²) in [6.07, 6.45) is 1.84. The second kappa shape index (κ2) is 6.98. The molecule has 0 bridgehead atoms. The summed E-state index contributed by atoms with van der Waals surface area (Å²) >= 11 is 0. The molecule has 25 heavy (non-hydrogen) atoms. The van der Waals surface area contributed by atoms with E-state index in [1.807, 2.05) is 54.6 Å². The van der Waals surface area contributed by atoms with Gasteiger partial charge in [0, 0.05) is 23.0 Å². The molecule has 1 unspecified atom stereocenters. The van der Waals surface area contributed by atoms with Crippen molar-refractivity contribution in [3.05, 3.63) is 65.7 Å². The van der Waals surface area contributed by atoms with Gasteiger partial charge in [0.05, 0.1) is 6.61 Å². The predicted octanol–water partition coefficient (Wildman–Crippen LogP) is 3.56. The number of para-hydroxylation sites is 1. The number of piperidine rings is 1. The maximum Gasteiger partial charge on any atom is 0.201 e. The smallest absolute Gasteiger partial charge is 0.201 e. The molecular formula is C21H23NO3. The topological polar surface area (TPSA) is 47.6 Å². The summed E-state index contributed by atoms with van der Waals surface area (Å²) in [6.45, 7) is 2.23. The van der Waals surface area contributed by atoms with Crippen LogP contribution in [0.5, 0.6) is 5.75 Å². The standard InChI is InChI=1S/C21H23NO3/c23-20(16-6-2-1-3-7-16)21(10-12-22-13-11-21)14-19-24-15-17-8-4-5-9-18(17)25-19/h1-9,19,22H,10-15H2. The molecule has 0 aromatic heterocycles. The van der Waals surface area contributed by atoms with Crippen LogP contribution in [0.15, 0.2) is 54.6 Å². The van der Waals surface area contributed by atoms with Crippen molar-refractivity contribution >= 4 is 5.78 Å². The van der Waals surface area contributed by atoms with Crippen molar-refractivity contribution in [1.82, 2.24) is 5.32 Å². The van der Waals surface area contributed by atoms with E-state index >= 15 is 0 Å². The first-order valence-electron chi connectivity index (χ1n) is 8.94. The lowest BCUT2D eigenvalue weighted by Crippen LogP contribution is -2.46. The van der Waals surface area contributed by atoms with E-state index in [9.17, 15) is 4.79 Å². The Labute approximate surface area is 148 Å². The lowest BCUT2D eigenvalue weighted by Gasteiger charge is -2.39. The Balaban J connectivity index is 1.57. The van der Waals surface area contributed by atoms with Gasteiger partial charge in [0.2, 0.25) is 6.29 Å². The molecule has 2 aromatic rings. The van der Waals surface area contributed by atoms with Crippen LogP contribution in [0.3, 0.4) is 0 Å². The first kappa shape index (κ1) is 16.3. The molecule has 4 heteroatoms. The van der Waals surface area contributed by atoms with Crippen LogP contribution in [-0.2, 0) is 11.3 Å². The predicted molar refractivity (Wildman–Crippen MR) is 95.6 cm³/mol. The molecular weight excluding hydrogens is 314 g/mol. The Morgan fingerprint density at radius 1 is 1.04 bits per heavy atom. The third-order valence-corrected chi connectivity index (χ3v) is 5.29. The monoisotopic (exact) mass is 337 g/mol. The van der Waals surface area contributed by atoms with Crippen molar-refractivity contribution in [3.8, 4) is 5.75 Å². The van der Waals surface area contributed by atoms with E-state index in [4.69, 9.17) is 9.47 Å². The second-order valence-corrected chi connectivity index (χ2v) is 6.90. The number of rotatable bonds is 4. The molecule has 4 nitrogen and oxygen atoms in total. The fourth-order valence-electron chi connectivity index (χ4n) is 3.84. The molecule has 0 aliphatic carbocycles. The number of nitrogens with one attached hydrogen (secondary N) is 1. The molecule has 2 aromatic carbocycles. The van der Waals surface area contributed by atoms with Gasteiger partial charge < -0.3 is 14.8 Å². The third-order valence-electron chi connectivity index (χ3n) is 5.29. The van der Waals surface area contributed by atoms with Crippen molar-refractivity contribution in [2.75, 3.05) is 13.1 Å². The number of ketones is 1. The van der Waals surface area contributed by atoms with E-state index in [1.165, 1.54) is 0 Å². The van der Waals surface area contributed by atoms with Crippen LogP contribution in [0.25, 0.3) is 0 Å². The van der Waals surface area contributed by atoms with Gasteiger partial charge in [-0.1, -0.05) is 48.5 Å². The molecule has 1 N–H and O–H groups in total. The minimum atomic E-state index is -0.427. The van der Waals surface area contributed by atoms with Crippen molar-refractivity contribution in [2.24, 2.45) is 5.41 Å². The summed E-state index contributed by atoms with van der Waals surface area (Å²) in [5.41, 5.74) is 1.41. The van der Waals surface area contributed by atoms with Gasteiger partial charge in [-0.3, -0.25) is 4.79 Å². The highest BCUT2D eigenvalue weighted by atomic mass is 16.7. The number of fused-ring (bicyclic) bond motifs is 1. The van der Waals surface area contributed by atoms with Crippen LogP contribution >= 0.6 is 0 Å². The van der Waals surface area contributed by atoms with Crippen LogP contribution < -0.4 is 10.1 Å². The van der Waals surface area contributed by atoms with Gasteiger partial charge in [0.1, 0.15) is 5.75 Å². The van der Waals surface area contributed by atoms with E-state index in [0.717, 1.165) is 42.8 Å². The van der Waals surface area contributed by atoms with E-state index in [0.29, 0.717) is 13.0 Å². The number of Topliss-reactive ketones (excluding diaryl/α,β-unsaturated/α-hetero) is 1. The molecule has 0 spiro atoms. The number of carbonyl (C=O) groups is 1. The molecule has 2 aliphatic rings.